The first kappa shape index (κ1) is 21.9. The lowest BCUT2D eigenvalue weighted by molar-refractivity contribution is -0.119. The van der Waals surface area contributed by atoms with Crippen LogP contribution in [0, 0.1) is 6.92 Å². The Morgan fingerprint density at radius 1 is 1.31 bits per heavy atom. The van der Waals surface area contributed by atoms with E-state index in [1.165, 1.54) is 34.8 Å². The van der Waals surface area contributed by atoms with Gasteiger partial charge in [0.05, 0.1) is 6.10 Å². The molecule has 2 N–H and O–H groups in total. The van der Waals surface area contributed by atoms with Crippen LogP contribution in [0.25, 0.3) is 5.57 Å². The number of aryl methyl sites for hydroxylation is 1. The molecule has 0 saturated carbocycles. The molecule has 0 aliphatic carbocycles. The van der Waals surface area contributed by atoms with Crippen LogP contribution < -0.4 is 5.32 Å². The summed E-state index contributed by atoms with van der Waals surface area (Å²) in [4.78, 5) is 10.8. The minimum Gasteiger partial charge on any atom is -0.391 e. The summed E-state index contributed by atoms with van der Waals surface area (Å²) in [6.45, 7) is 12.0. The van der Waals surface area contributed by atoms with Gasteiger partial charge in [-0.1, -0.05) is 47.6 Å². The number of carbonyl (C=O) groups is 1. The number of unbranched alkanes of at least 4 members (excludes halogenated alkanes) is 1. The average Bonchev–Trinajstić information content (AvgIpc) is 2.57. The number of rotatable bonds is 10. The number of aliphatic hydroxyl groups excluding tert-OH is 1. The van der Waals surface area contributed by atoms with Crippen molar-refractivity contribution in [2.45, 2.75) is 59.5 Å². The summed E-state index contributed by atoms with van der Waals surface area (Å²) in [5.74, 6) is -0.104. The molecule has 0 aliphatic rings. The fourth-order valence-electron chi connectivity index (χ4n) is 2.96. The largest absolute Gasteiger partial charge is 0.391 e. The van der Waals surface area contributed by atoms with Crippen molar-refractivity contribution >= 4 is 11.5 Å². The minimum atomic E-state index is -0.473. The molecule has 0 bridgehead atoms. The first-order chi connectivity index (χ1) is 12.3. The van der Waals surface area contributed by atoms with Gasteiger partial charge in [0, 0.05) is 13.5 Å². The summed E-state index contributed by atoms with van der Waals surface area (Å²) in [6.07, 6.45) is 9.27. The first-order valence-corrected chi connectivity index (χ1v) is 9.31. The van der Waals surface area contributed by atoms with Crippen molar-refractivity contribution in [1.29, 1.82) is 0 Å². The molecule has 0 radical (unpaired) electrons. The van der Waals surface area contributed by atoms with E-state index in [0.717, 1.165) is 19.3 Å². The standard InChI is InChI=1S/C23H33NO2/c1-6-9-21-15-18(3)12-13-23(21)19(4)14-17(2)10-7-8-11-22(26)16-24-20(5)25/h6,10,12-15,22,26H,1,7-9,11,16H2,2-5H3,(H,24,25)/b17-10+,19-14-. The van der Waals surface area contributed by atoms with Gasteiger partial charge in [-0.2, -0.15) is 0 Å². The number of hydrogen-bond donors (Lipinski definition) is 2. The zero-order valence-corrected chi connectivity index (χ0v) is 16.6. The molecule has 0 saturated heterocycles. The minimum absolute atomic E-state index is 0.104. The molecule has 1 rings (SSSR count). The molecule has 1 atom stereocenters. The molecule has 0 heterocycles. The molecule has 1 aromatic carbocycles. The van der Waals surface area contributed by atoms with E-state index in [2.05, 4.69) is 63.0 Å². The molecular weight excluding hydrogens is 322 g/mol. The van der Waals surface area contributed by atoms with Crippen molar-refractivity contribution in [3.8, 4) is 0 Å². The van der Waals surface area contributed by atoms with Crippen LogP contribution in [0.1, 0.15) is 56.7 Å². The van der Waals surface area contributed by atoms with Gasteiger partial charge in [0.1, 0.15) is 0 Å². The summed E-state index contributed by atoms with van der Waals surface area (Å²) >= 11 is 0. The van der Waals surface area contributed by atoms with Gasteiger partial charge in [0.15, 0.2) is 0 Å². The molecule has 0 aliphatic heterocycles. The maximum absolute atomic E-state index is 10.8. The number of benzene rings is 1. The van der Waals surface area contributed by atoms with Gasteiger partial charge < -0.3 is 10.4 Å². The van der Waals surface area contributed by atoms with Crippen LogP contribution in [0.3, 0.4) is 0 Å². The van der Waals surface area contributed by atoms with E-state index in [-0.39, 0.29) is 5.91 Å². The molecule has 3 heteroatoms. The van der Waals surface area contributed by atoms with Crippen molar-refractivity contribution in [1.82, 2.24) is 5.32 Å². The van der Waals surface area contributed by atoms with Crippen molar-refractivity contribution in [2.75, 3.05) is 6.54 Å². The Morgan fingerprint density at radius 3 is 2.69 bits per heavy atom. The van der Waals surface area contributed by atoms with Gasteiger partial charge in [-0.15, -0.1) is 6.58 Å². The highest BCUT2D eigenvalue weighted by Crippen LogP contribution is 2.23. The third kappa shape index (κ3) is 8.30. The van der Waals surface area contributed by atoms with Crippen molar-refractivity contribution in [3.05, 3.63) is 65.3 Å². The van der Waals surface area contributed by atoms with Gasteiger partial charge in [0.2, 0.25) is 5.91 Å². The normalized spacial score (nSPS) is 13.4. The predicted octanol–water partition coefficient (Wildman–Crippen LogP) is 4.74. The van der Waals surface area contributed by atoms with E-state index in [9.17, 15) is 9.90 Å². The fraction of sp³-hybridized carbons (Fsp3) is 0.435. The highest BCUT2D eigenvalue weighted by atomic mass is 16.3. The van der Waals surface area contributed by atoms with E-state index in [1.54, 1.807) is 0 Å². The average molecular weight is 356 g/mol. The fourth-order valence-corrected chi connectivity index (χ4v) is 2.96. The zero-order valence-electron chi connectivity index (χ0n) is 16.6. The quantitative estimate of drug-likeness (QED) is 0.362. The van der Waals surface area contributed by atoms with Crippen LogP contribution >= 0.6 is 0 Å². The van der Waals surface area contributed by atoms with Crippen LogP contribution in [0.5, 0.6) is 0 Å². The molecule has 26 heavy (non-hydrogen) atoms. The Kier molecular flexibility index (Phi) is 9.67. The second-order valence-electron chi connectivity index (χ2n) is 6.95. The molecule has 0 spiro atoms. The van der Waals surface area contributed by atoms with E-state index in [1.807, 2.05) is 6.08 Å². The number of aliphatic hydroxyl groups is 1. The predicted molar refractivity (Wildman–Crippen MR) is 111 cm³/mol. The molecule has 0 fully saturated rings. The SMILES string of the molecule is C=CCc1cc(C)ccc1/C(C)=C\C(C)=C\CCCC(O)CNC(C)=O. The number of allylic oxidation sites excluding steroid dienone is 5. The van der Waals surface area contributed by atoms with Crippen LogP contribution in [0.4, 0.5) is 0 Å². The summed E-state index contributed by atoms with van der Waals surface area (Å²) < 4.78 is 0. The van der Waals surface area contributed by atoms with Crippen LogP contribution in [0.2, 0.25) is 0 Å². The van der Waals surface area contributed by atoms with Gasteiger partial charge in [-0.25, -0.2) is 0 Å². The van der Waals surface area contributed by atoms with Crippen molar-refractivity contribution < 1.29 is 9.90 Å². The monoisotopic (exact) mass is 355 g/mol. The second-order valence-corrected chi connectivity index (χ2v) is 6.95. The molecule has 1 amide bonds. The first-order valence-electron chi connectivity index (χ1n) is 9.31. The molecule has 142 valence electrons. The Labute approximate surface area is 158 Å². The summed E-state index contributed by atoms with van der Waals surface area (Å²) in [6, 6.07) is 6.56. The Bertz CT molecular complexity index is 671. The number of nitrogens with one attached hydrogen (secondary N) is 1. The third-order valence-electron chi connectivity index (χ3n) is 4.29. The third-order valence-corrected chi connectivity index (χ3v) is 4.29. The van der Waals surface area contributed by atoms with E-state index in [4.69, 9.17) is 0 Å². The highest BCUT2D eigenvalue weighted by Gasteiger charge is 2.05. The van der Waals surface area contributed by atoms with Gasteiger partial charge in [0.25, 0.3) is 0 Å². The van der Waals surface area contributed by atoms with E-state index < -0.39 is 6.10 Å². The summed E-state index contributed by atoms with van der Waals surface area (Å²) in [5, 5.41) is 12.4. The summed E-state index contributed by atoms with van der Waals surface area (Å²) in [5.41, 5.74) is 6.32. The van der Waals surface area contributed by atoms with Crippen LogP contribution in [0.15, 0.2) is 48.6 Å². The molecule has 1 aromatic rings. The lowest BCUT2D eigenvalue weighted by Crippen LogP contribution is -2.30. The van der Waals surface area contributed by atoms with Gasteiger partial charge >= 0.3 is 0 Å². The summed E-state index contributed by atoms with van der Waals surface area (Å²) in [7, 11) is 0. The number of amides is 1. The maximum Gasteiger partial charge on any atom is 0.216 e. The maximum atomic E-state index is 10.8. The zero-order chi connectivity index (χ0) is 19.5. The Hall–Kier alpha value is -2.13. The van der Waals surface area contributed by atoms with E-state index >= 15 is 0 Å². The molecule has 1 unspecified atom stereocenters. The van der Waals surface area contributed by atoms with Crippen LogP contribution in [-0.4, -0.2) is 23.7 Å². The van der Waals surface area contributed by atoms with Crippen LogP contribution in [-0.2, 0) is 11.2 Å². The van der Waals surface area contributed by atoms with Crippen molar-refractivity contribution in [2.24, 2.45) is 0 Å². The highest BCUT2D eigenvalue weighted by molar-refractivity contribution is 5.72. The molecule has 0 aromatic heterocycles. The number of carbonyl (C=O) groups excluding carboxylic acids is 1. The Balaban J connectivity index is 2.61. The number of hydrogen-bond acceptors (Lipinski definition) is 2. The molecule has 3 nitrogen and oxygen atoms in total. The Morgan fingerprint density at radius 2 is 2.04 bits per heavy atom. The van der Waals surface area contributed by atoms with Crippen molar-refractivity contribution in [3.63, 3.8) is 0 Å². The topological polar surface area (TPSA) is 49.3 Å². The molecular formula is C23H33NO2. The van der Waals surface area contributed by atoms with E-state index in [0.29, 0.717) is 13.0 Å². The van der Waals surface area contributed by atoms with Gasteiger partial charge in [-0.3, -0.25) is 4.79 Å². The lowest BCUT2D eigenvalue weighted by Gasteiger charge is -2.11. The lowest BCUT2D eigenvalue weighted by atomic mass is 9.95. The second kappa shape index (κ2) is 11.5. The smallest absolute Gasteiger partial charge is 0.216 e. The van der Waals surface area contributed by atoms with Gasteiger partial charge in [-0.05, 0) is 63.2 Å².